The first kappa shape index (κ1) is 15.5. The van der Waals surface area contributed by atoms with Crippen molar-refractivity contribution in [3.8, 4) is 0 Å². The number of thioether (sulfide) groups is 1. The highest BCUT2D eigenvalue weighted by Gasteiger charge is 2.22. The predicted octanol–water partition coefficient (Wildman–Crippen LogP) is 2.62. The van der Waals surface area contributed by atoms with Gasteiger partial charge in [0.1, 0.15) is 0 Å². The molecule has 1 saturated heterocycles. The molecule has 1 aliphatic heterocycles. The van der Waals surface area contributed by atoms with Gasteiger partial charge in [0.25, 0.3) is 0 Å². The smallest absolute Gasteiger partial charge is 0.176 e. The zero-order valence-electron chi connectivity index (χ0n) is 12.6. The number of likely N-dealkylation sites (tertiary alicyclic amines) is 1. The van der Waals surface area contributed by atoms with E-state index in [4.69, 9.17) is 0 Å². The average Bonchev–Trinajstić information content (AvgIpc) is 2.84. The van der Waals surface area contributed by atoms with Gasteiger partial charge < -0.3 is 4.90 Å². The second kappa shape index (κ2) is 7.25. The van der Waals surface area contributed by atoms with Crippen LogP contribution in [0.5, 0.6) is 0 Å². The van der Waals surface area contributed by atoms with Crippen molar-refractivity contribution in [3.63, 3.8) is 0 Å². The molecule has 0 radical (unpaired) electrons. The molecular weight excluding hydrogens is 268 g/mol. The van der Waals surface area contributed by atoms with Crippen LogP contribution in [0.15, 0.2) is 29.2 Å². The molecule has 2 rings (SSSR count). The summed E-state index contributed by atoms with van der Waals surface area (Å²) in [6.07, 6.45) is 4.57. The van der Waals surface area contributed by atoms with Crippen LogP contribution in [0.25, 0.3) is 0 Å². The van der Waals surface area contributed by atoms with Crippen LogP contribution in [0.4, 0.5) is 0 Å². The van der Waals surface area contributed by atoms with Gasteiger partial charge in [-0.2, -0.15) is 0 Å². The third-order valence-corrected chi connectivity index (χ3v) is 4.76. The number of likely N-dealkylation sites (N-methyl/N-ethyl adjacent to an activating group) is 2. The quantitative estimate of drug-likeness (QED) is 0.594. The molecule has 0 aromatic heterocycles. The fourth-order valence-corrected chi connectivity index (χ4v) is 3.16. The van der Waals surface area contributed by atoms with Crippen molar-refractivity contribution in [2.45, 2.75) is 23.8 Å². The maximum absolute atomic E-state index is 12.2. The van der Waals surface area contributed by atoms with Crippen molar-refractivity contribution in [1.29, 1.82) is 0 Å². The predicted molar refractivity (Wildman–Crippen MR) is 85.7 cm³/mol. The van der Waals surface area contributed by atoms with Gasteiger partial charge in [-0.25, -0.2) is 0 Å². The summed E-state index contributed by atoms with van der Waals surface area (Å²) < 4.78 is 0. The van der Waals surface area contributed by atoms with Crippen molar-refractivity contribution in [3.05, 3.63) is 29.8 Å². The Morgan fingerprint density at radius 2 is 2.10 bits per heavy atom. The lowest BCUT2D eigenvalue weighted by molar-refractivity contribution is 0.0932. The molecule has 0 bridgehead atoms. The van der Waals surface area contributed by atoms with E-state index < -0.39 is 0 Å². The monoisotopic (exact) mass is 292 g/mol. The Morgan fingerprint density at radius 1 is 1.40 bits per heavy atom. The third-order valence-electron chi connectivity index (χ3n) is 4.02. The van der Waals surface area contributed by atoms with E-state index in [9.17, 15) is 4.79 Å². The molecule has 1 fully saturated rings. The van der Waals surface area contributed by atoms with Gasteiger partial charge in [0, 0.05) is 23.0 Å². The van der Waals surface area contributed by atoms with Crippen molar-refractivity contribution in [2.75, 3.05) is 40.0 Å². The zero-order valence-corrected chi connectivity index (χ0v) is 13.4. The molecule has 110 valence electrons. The molecule has 0 amide bonds. The number of benzene rings is 1. The molecule has 1 unspecified atom stereocenters. The van der Waals surface area contributed by atoms with Crippen molar-refractivity contribution in [2.24, 2.45) is 0 Å². The summed E-state index contributed by atoms with van der Waals surface area (Å²) in [5.41, 5.74) is 0.814. The van der Waals surface area contributed by atoms with E-state index >= 15 is 0 Å². The lowest BCUT2D eigenvalue weighted by atomic mass is 10.1. The zero-order chi connectivity index (χ0) is 14.5. The molecule has 0 aliphatic carbocycles. The summed E-state index contributed by atoms with van der Waals surface area (Å²) in [5.74, 6) is 0.209. The minimum absolute atomic E-state index is 0.209. The number of ketones is 1. The topological polar surface area (TPSA) is 23.6 Å². The summed E-state index contributed by atoms with van der Waals surface area (Å²) in [6, 6.07) is 8.50. The molecule has 0 spiro atoms. The second-order valence-electron chi connectivity index (χ2n) is 5.63. The number of carbonyl (C=O) groups is 1. The largest absolute Gasteiger partial charge is 0.302 e. The third kappa shape index (κ3) is 4.08. The van der Waals surface area contributed by atoms with Crippen molar-refractivity contribution < 1.29 is 4.79 Å². The first-order valence-electron chi connectivity index (χ1n) is 7.16. The Bertz CT molecular complexity index is 446. The Morgan fingerprint density at radius 3 is 2.65 bits per heavy atom. The average molecular weight is 292 g/mol. The summed E-state index contributed by atoms with van der Waals surface area (Å²) in [6.45, 7) is 2.66. The maximum atomic E-state index is 12.2. The second-order valence-corrected chi connectivity index (χ2v) is 6.50. The van der Waals surface area contributed by atoms with Gasteiger partial charge in [0.05, 0.1) is 6.54 Å². The van der Waals surface area contributed by atoms with Gasteiger partial charge >= 0.3 is 0 Å². The van der Waals surface area contributed by atoms with Crippen molar-refractivity contribution >= 4 is 17.5 Å². The van der Waals surface area contributed by atoms with E-state index in [0.29, 0.717) is 12.6 Å². The van der Waals surface area contributed by atoms with Gasteiger partial charge in [0.15, 0.2) is 5.78 Å². The van der Waals surface area contributed by atoms with Crippen LogP contribution >= 0.6 is 11.8 Å². The SMILES string of the molecule is CSc1ccc(C(=O)CN(C)CC2CCCN2C)cc1. The first-order chi connectivity index (χ1) is 9.60. The summed E-state index contributed by atoms with van der Waals surface area (Å²) in [4.78, 5) is 18.0. The van der Waals surface area contributed by atoms with E-state index in [0.717, 1.165) is 12.1 Å². The highest BCUT2D eigenvalue weighted by Crippen LogP contribution is 2.17. The number of rotatable bonds is 6. The molecule has 1 aromatic rings. The summed E-state index contributed by atoms with van der Waals surface area (Å²) in [7, 11) is 4.22. The van der Waals surface area contributed by atoms with Crippen LogP contribution in [-0.4, -0.2) is 61.6 Å². The highest BCUT2D eigenvalue weighted by atomic mass is 32.2. The van der Waals surface area contributed by atoms with E-state index in [1.165, 1.54) is 24.3 Å². The van der Waals surface area contributed by atoms with Crippen LogP contribution in [-0.2, 0) is 0 Å². The van der Waals surface area contributed by atoms with Crippen LogP contribution < -0.4 is 0 Å². The highest BCUT2D eigenvalue weighted by molar-refractivity contribution is 7.98. The molecule has 4 heteroatoms. The van der Waals surface area contributed by atoms with Crippen LogP contribution in [0, 0.1) is 0 Å². The number of nitrogens with zero attached hydrogens (tertiary/aromatic N) is 2. The summed E-state index contributed by atoms with van der Waals surface area (Å²) in [5, 5.41) is 0. The molecule has 1 aliphatic rings. The van der Waals surface area contributed by atoms with E-state index in [1.54, 1.807) is 11.8 Å². The molecule has 0 saturated carbocycles. The molecule has 3 nitrogen and oxygen atoms in total. The van der Waals surface area contributed by atoms with Crippen LogP contribution in [0.3, 0.4) is 0 Å². The number of carbonyl (C=O) groups excluding carboxylic acids is 1. The minimum Gasteiger partial charge on any atom is -0.302 e. The molecule has 0 N–H and O–H groups in total. The maximum Gasteiger partial charge on any atom is 0.176 e. The van der Waals surface area contributed by atoms with Crippen LogP contribution in [0.1, 0.15) is 23.2 Å². The Hall–Kier alpha value is -0.840. The normalized spacial score (nSPS) is 19.7. The molecular formula is C16H24N2OS. The lowest BCUT2D eigenvalue weighted by Gasteiger charge is -2.25. The molecule has 1 atom stereocenters. The number of hydrogen-bond acceptors (Lipinski definition) is 4. The Kier molecular flexibility index (Phi) is 5.64. The molecule has 20 heavy (non-hydrogen) atoms. The van der Waals surface area contributed by atoms with E-state index in [2.05, 4.69) is 16.8 Å². The van der Waals surface area contributed by atoms with Crippen LogP contribution in [0.2, 0.25) is 0 Å². The number of hydrogen-bond donors (Lipinski definition) is 0. The fraction of sp³-hybridized carbons (Fsp3) is 0.562. The lowest BCUT2D eigenvalue weighted by Crippen LogP contribution is -2.38. The Labute approximate surface area is 126 Å². The van der Waals surface area contributed by atoms with E-state index in [1.807, 2.05) is 37.6 Å². The standard InChI is InChI=1S/C16H24N2OS/c1-17(11-14-5-4-10-18(14)2)12-16(19)13-6-8-15(20-3)9-7-13/h6-9,14H,4-5,10-12H2,1-3H3. The fourth-order valence-electron chi connectivity index (χ4n) is 2.75. The molecule has 1 aromatic carbocycles. The van der Waals surface area contributed by atoms with Gasteiger partial charge in [-0.1, -0.05) is 12.1 Å². The summed E-state index contributed by atoms with van der Waals surface area (Å²) >= 11 is 1.70. The minimum atomic E-state index is 0.209. The van der Waals surface area contributed by atoms with Gasteiger partial charge in [0.2, 0.25) is 0 Å². The van der Waals surface area contributed by atoms with Crippen molar-refractivity contribution in [1.82, 2.24) is 9.80 Å². The van der Waals surface area contributed by atoms with Gasteiger partial charge in [-0.15, -0.1) is 11.8 Å². The van der Waals surface area contributed by atoms with E-state index in [-0.39, 0.29) is 5.78 Å². The molecule has 1 heterocycles. The van der Waals surface area contributed by atoms with Gasteiger partial charge in [-0.3, -0.25) is 9.69 Å². The van der Waals surface area contributed by atoms with Gasteiger partial charge in [-0.05, 0) is 51.9 Å². The number of Topliss-reactive ketones (excluding diaryl/α,β-unsaturated/α-hetero) is 1. The Balaban J connectivity index is 1.86. The first-order valence-corrected chi connectivity index (χ1v) is 8.38.